The number of hydrogen-bond acceptors (Lipinski definition) is 3. The number of ether oxygens (including phenoxy) is 2. The van der Waals surface area contributed by atoms with Gasteiger partial charge in [0, 0.05) is 0 Å². The average molecular weight is 216 g/mol. The third kappa shape index (κ3) is 6.60. The Morgan fingerprint density at radius 1 is 1.36 bits per heavy atom. The highest BCUT2D eigenvalue weighted by Gasteiger charge is 2.18. The second-order valence-electron chi connectivity index (χ2n) is 3.78. The van der Waals surface area contributed by atoms with E-state index >= 15 is 0 Å². The molecule has 3 nitrogen and oxygen atoms in total. The van der Waals surface area contributed by atoms with Crippen molar-refractivity contribution in [2.75, 3.05) is 13.7 Å². The highest BCUT2D eigenvalue weighted by molar-refractivity contribution is 6.69. The maximum absolute atomic E-state index is 5.69. The van der Waals surface area contributed by atoms with E-state index in [1.165, 1.54) is 0 Å². The van der Waals surface area contributed by atoms with E-state index < -0.39 is 8.32 Å². The number of hydrogen-bond donors (Lipinski definition) is 0. The summed E-state index contributed by atoms with van der Waals surface area (Å²) in [6.45, 7) is 12.5. The summed E-state index contributed by atoms with van der Waals surface area (Å²) in [5.74, 6) is 1.03. The summed E-state index contributed by atoms with van der Waals surface area (Å²) >= 11 is 0. The van der Waals surface area contributed by atoms with Gasteiger partial charge in [0.15, 0.2) is 0 Å². The van der Waals surface area contributed by atoms with Crippen LogP contribution in [0.3, 0.4) is 0 Å². The van der Waals surface area contributed by atoms with Gasteiger partial charge >= 0.3 is 0 Å². The molecule has 0 aliphatic carbocycles. The van der Waals surface area contributed by atoms with Gasteiger partial charge in [0.25, 0.3) is 5.95 Å². The highest BCUT2D eigenvalue weighted by atomic mass is 28.4. The van der Waals surface area contributed by atoms with E-state index in [4.69, 9.17) is 13.9 Å². The first-order valence-corrected chi connectivity index (χ1v) is 8.06. The third-order valence-corrected chi connectivity index (χ3v) is 2.05. The second kappa shape index (κ2) is 5.75. The lowest BCUT2D eigenvalue weighted by Gasteiger charge is -2.21. The van der Waals surface area contributed by atoms with Gasteiger partial charge in [-0.25, -0.2) is 0 Å². The Hall–Kier alpha value is -0.903. The fourth-order valence-corrected chi connectivity index (χ4v) is 1.46. The third-order valence-electron chi connectivity index (χ3n) is 1.23. The number of methoxy groups -OCH3 is 1. The minimum atomic E-state index is -1.63. The molecule has 0 saturated heterocycles. The minimum absolute atomic E-state index is 0.499. The first kappa shape index (κ1) is 13.1. The van der Waals surface area contributed by atoms with Crippen molar-refractivity contribution in [2.24, 2.45) is 0 Å². The highest BCUT2D eigenvalue weighted by Crippen LogP contribution is 2.13. The van der Waals surface area contributed by atoms with Crippen molar-refractivity contribution in [3.8, 4) is 0 Å². The van der Waals surface area contributed by atoms with Crippen LogP contribution in [0.25, 0.3) is 0 Å². The van der Waals surface area contributed by atoms with Gasteiger partial charge in [0.05, 0.1) is 19.8 Å². The molecule has 0 saturated carbocycles. The maximum atomic E-state index is 5.69. The Balaban J connectivity index is 4.43. The van der Waals surface area contributed by atoms with Gasteiger partial charge in [0.1, 0.15) is 5.76 Å². The molecule has 82 valence electrons. The van der Waals surface area contributed by atoms with Crippen molar-refractivity contribution < 1.29 is 13.9 Å². The predicted octanol–water partition coefficient (Wildman–Crippen LogP) is 2.88. The fraction of sp³-hybridized carbons (Fsp3) is 0.600. The molecular formula is C10H20O3Si. The van der Waals surface area contributed by atoms with E-state index in [0.29, 0.717) is 18.3 Å². The van der Waals surface area contributed by atoms with Crippen molar-refractivity contribution >= 4 is 8.32 Å². The van der Waals surface area contributed by atoms with E-state index in [-0.39, 0.29) is 0 Å². The van der Waals surface area contributed by atoms with Crippen LogP contribution < -0.4 is 0 Å². The number of allylic oxidation sites excluding steroid dienone is 1. The van der Waals surface area contributed by atoms with E-state index in [1.54, 1.807) is 13.2 Å². The Morgan fingerprint density at radius 3 is 2.29 bits per heavy atom. The Bertz CT molecular complexity index is 216. The molecule has 0 atom stereocenters. The molecule has 14 heavy (non-hydrogen) atoms. The van der Waals surface area contributed by atoms with Gasteiger partial charge in [-0.05, 0) is 26.6 Å². The molecule has 4 heteroatoms. The summed E-state index contributed by atoms with van der Waals surface area (Å²) in [4.78, 5) is 0. The minimum Gasteiger partial charge on any atom is -0.520 e. The molecule has 0 spiro atoms. The molecule has 0 amide bonds. The molecule has 0 radical (unpaired) electrons. The molecule has 0 aliphatic rings. The van der Waals surface area contributed by atoms with E-state index in [2.05, 4.69) is 26.2 Å². The van der Waals surface area contributed by atoms with E-state index in [1.807, 2.05) is 6.92 Å². The van der Waals surface area contributed by atoms with Crippen LogP contribution >= 0.6 is 0 Å². The maximum Gasteiger partial charge on any atom is 0.269 e. The van der Waals surface area contributed by atoms with Crippen LogP contribution in [0.4, 0.5) is 0 Å². The first-order valence-electron chi connectivity index (χ1n) is 4.65. The molecular weight excluding hydrogens is 196 g/mol. The van der Waals surface area contributed by atoms with Crippen LogP contribution in [-0.2, 0) is 13.9 Å². The SMILES string of the molecule is C=C(/C=C(\OCC)O[Si](C)(C)C)OC. The molecule has 0 N–H and O–H groups in total. The van der Waals surface area contributed by atoms with E-state index in [0.717, 1.165) is 0 Å². The molecule has 0 aromatic heterocycles. The lowest BCUT2D eigenvalue weighted by molar-refractivity contribution is 0.110. The lowest BCUT2D eigenvalue weighted by atomic mass is 10.5. The molecule has 0 aromatic carbocycles. The summed E-state index contributed by atoms with van der Waals surface area (Å²) in [6.07, 6.45) is 1.67. The molecule has 0 aromatic rings. The quantitative estimate of drug-likeness (QED) is 0.388. The van der Waals surface area contributed by atoms with Crippen molar-refractivity contribution in [3.63, 3.8) is 0 Å². The zero-order valence-electron chi connectivity index (χ0n) is 9.72. The van der Waals surface area contributed by atoms with Gasteiger partial charge in [-0.15, -0.1) is 0 Å². The number of rotatable bonds is 6. The van der Waals surface area contributed by atoms with Gasteiger partial charge in [-0.1, -0.05) is 6.58 Å². The molecule has 0 fully saturated rings. The standard InChI is InChI=1S/C10H20O3Si/c1-7-12-10(8-9(2)11-3)13-14(4,5)6/h8H,2,7H2,1,3-6H3/b10-8+. The smallest absolute Gasteiger partial charge is 0.269 e. The fourth-order valence-electron chi connectivity index (χ4n) is 0.735. The topological polar surface area (TPSA) is 27.7 Å². The normalized spacial score (nSPS) is 12.2. The van der Waals surface area contributed by atoms with Crippen molar-refractivity contribution in [2.45, 2.75) is 26.6 Å². The Morgan fingerprint density at radius 2 is 1.93 bits per heavy atom. The summed E-state index contributed by atoms with van der Waals surface area (Å²) < 4.78 is 15.9. The van der Waals surface area contributed by atoms with Crippen molar-refractivity contribution in [1.29, 1.82) is 0 Å². The van der Waals surface area contributed by atoms with Crippen LogP contribution in [0.2, 0.25) is 19.6 Å². The van der Waals surface area contributed by atoms with Crippen LogP contribution in [0.1, 0.15) is 6.92 Å². The largest absolute Gasteiger partial charge is 0.520 e. The van der Waals surface area contributed by atoms with Crippen LogP contribution in [0.15, 0.2) is 24.4 Å². The van der Waals surface area contributed by atoms with E-state index in [9.17, 15) is 0 Å². The molecule has 0 unspecified atom stereocenters. The predicted molar refractivity (Wildman–Crippen MR) is 60.3 cm³/mol. The molecule has 0 aliphatic heterocycles. The summed E-state index contributed by atoms with van der Waals surface area (Å²) in [5.41, 5.74) is 0. The van der Waals surface area contributed by atoms with Crippen LogP contribution in [-0.4, -0.2) is 22.0 Å². The van der Waals surface area contributed by atoms with Crippen molar-refractivity contribution in [3.05, 3.63) is 24.4 Å². The van der Waals surface area contributed by atoms with Gasteiger partial charge in [-0.3, -0.25) is 0 Å². The van der Waals surface area contributed by atoms with Gasteiger partial charge in [0.2, 0.25) is 8.32 Å². The summed E-state index contributed by atoms with van der Waals surface area (Å²) in [7, 11) is -0.0607. The Kier molecular flexibility index (Phi) is 5.38. The zero-order valence-corrected chi connectivity index (χ0v) is 10.7. The van der Waals surface area contributed by atoms with Crippen LogP contribution in [0.5, 0.6) is 0 Å². The Labute approximate surface area is 87.5 Å². The molecule has 0 rings (SSSR count). The van der Waals surface area contributed by atoms with Gasteiger partial charge in [-0.2, -0.15) is 0 Å². The average Bonchev–Trinajstić information content (AvgIpc) is 2.01. The second-order valence-corrected chi connectivity index (χ2v) is 8.21. The molecule has 0 bridgehead atoms. The molecule has 0 heterocycles. The van der Waals surface area contributed by atoms with Gasteiger partial charge < -0.3 is 13.9 Å². The zero-order chi connectivity index (χ0) is 11.2. The van der Waals surface area contributed by atoms with Crippen LogP contribution in [0, 0.1) is 0 Å². The first-order chi connectivity index (χ1) is 6.39. The summed E-state index contributed by atoms with van der Waals surface area (Å²) in [5, 5.41) is 0. The summed E-state index contributed by atoms with van der Waals surface area (Å²) in [6, 6.07) is 0. The lowest BCUT2D eigenvalue weighted by Crippen LogP contribution is -2.25. The van der Waals surface area contributed by atoms with Crippen molar-refractivity contribution in [1.82, 2.24) is 0 Å². The monoisotopic (exact) mass is 216 g/mol.